The standard InChI is InChI=1S/2C18H20N6O9S2.2Na/c2*1-6(25)32-12(8-13(27)24-7(15(28)29)4-5-34-14(8)24)21-11(26)9(10-20-17(19)35-23-10)22-33-18(2,3)16(30)31;;/h2*4,8,12,14H,5H2,1-3H3,(H,21,26)(H,28,29)(H,30,31)(H2,19,20,23);;/q;;2*+1/p-2/b2*22-9-;;/t2*8-,12?,14-;;/m00../s1. The maximum atomic E-state index is 13.1. The fourth-order valence-electron chi connectivity index (χ4n) is 5.98. The fraction of sp³-hybridized carbons (Fsp3) is 0.444. The Kier molecular flexibility index (Phi) is 21.1. The van der Waals surface area contributed by atoms with E-state index in [1.54, 1.807) is 0 Å². The molecule has 0 bridgehead atoms. The molecule has 2 aromatic heterocycles. The number of nitrogens with one attached hydrogen (secondary N) is 2. The summed E-state index contributed by atoms with van der Waals surface area (Å²) in [6.07, 6.45) is -0.435. The van der Waals surface area contributed by atoms with Crippen LogP contribution in [0.4, 0.5) is 10.3 Å². The predicted molar refractivity (Wildman–Crippen MR) is 234 cm³/mol. The first kappa shape index (κ1) is 60.8. The number of aromatic nitrogens is 4. The number of carbonyl (C=O) groups excluding carboxylic acids is 8. The Morgan fingerprint density at radius 3 is 1.29 bits per heavy atom. The summed E-state index contributed by atoms with van der Waals surface area (Å²) in [5.74, 6) is -13.5. The van der Waals surface area contributed by atoms with Crippen molar-refractivity contribution >= 4 is 128 Å². The van der Waals surface area contributed by atoms with E-state index >= 15 is 0 Å². The number of carboxylic acids is 4. The van der Waals surface area contributed by atoms with Crippen molar-refractivity contribution in [3.05, 3.63) is 35.2 Å². The van der Waals surface area contributed by atoms with E-state index in [4.69, 9.17) is 30.6 Å². The molecule has 2 saturated heterocycles. The van der Waals surface area contributed by atoms with E-state index in [-0.39, 0.29) is 104 Å². The van der Waals surface area contributed by atoms with Gasteiger partial charge in [0.2, 0.25) is 46.1 Å². The first-order valence-electron chi connectivity index (χ1n) is 19.5. The van der Waals surface area contributed by atoms with Gasteiger partial charge in [-0.1, -0.05) is 10.3 Å². The van der Waals surface area contributed by atoms with E-state index in [0.717, 1.165) is 46.7 Å². The van der Waals surface area contributed by atoms with Crippen LogP contribution in [0.1, 0.15) is 53.2 Å². The van der Waals surface area contributed by atoms with Crippen LogP contribution in [0.3, 0.4) is 0 Å². The van der Waals surface area contributed by atoms with Gasteiger partial charge in [-0.05, 0) is 39.8 Å². The third kappa shape index (κ3) is 14.0. The number of β-lactam (4-membered cyclic amide) rings is 2. The topological polar surface area (TPSA) is 453 Å². The van der Waals surface area contributed by atoms with Gasteiger partial charge in [0, 0.05) is 48.4 Å². The number of oxime groups is 2. The van der Waals surface area contributed by atoms with Gasteiger partial charge in [0.05, 0.1) is 23.3 Å². The SMILES string of the molecule is CC(=O)OC(NC(=O)/C(=N\OC(C)(C)C(=O)O)c1nsc(N)n1)[C@H]1C(=O)N2C(C(=O)[O-])=CCS[C@@H]12.CC(=O)OC(NC(=O)/C(=N\OC(C)(C)C(=O)O)c1nsc(N)n1)[C@H]1C(=O)N2C(C(=O)[O-])=CCS[C@@H]12.[Na+].[Na+]. The first-order chi connectivity index (χ1) is 32.7. The number of anilines is 2. The van der Waals surface area contributed by atoms with Crippen molar-refractivity contribution in [1.82, 2.24) is 39.1 Å². The van der Waals surface area contributed by atoms with Gasteiger partial charge < -0.3 is 71.3 Å². The largest absolute Gasteiger partial charge is 1.00 e. The molecule has 72 heavy (non-hydrogen) atoms. The number of ether oxygens (including phenoxy) is 2. The second kappa shape index (κ2) is 25.0. The molecule has 2 unspecified atom stereocenters. The molecule has 2 aromatic rings. The monoisotopic (exact) mass is 1100 g/mol. The molecule has 6 heterocycles. The number of nitrogen functional groups attached to an aromatic ring is 2. The summed E-state index contributed by atoms with van der Waals surface area (Å²) in [4.78, 5) is 140. The molecule has 30 nitrogen and oxygen atoms in total. The van der Waals surface area contributed by atoms with Crippen LogP contribution in [0.2, 0.25) is 0 Å². The number of esters is 2. The average molecular weight is 1100 g/mol. The molecule has 2 fully saturated rings. The molecule has 376 valence electrons. The van der Waals surface area contributed by atoms with E-state index in [0.29, 0.717) is 0 Å². The minimum atomic E-state index is -1.83. The first-order valence-corrected chi connectivity index (χ1v) is 23.2. The van der Waals surface area contributed by atoms with Gasteiger partial charge >= 0.3 is 83.0 Å². The van der Waals surface area contributed by atoms with Crippen LogP contribution < -0.4 is 91.4 Å². The minimum absolute atomic E-state index is 0. The Labute approximate surface area is 466 Å². The molecule has 4 aliphatic heterocycles. The smallest absolute Gasteiger partial charge is 0.543 e. The Hall–Kier alpha value is -5.46. The van der Waals surface area contributed by atoms with Crippen molar-refractivity contribution in [2.75, 3.05) is 23.0 Å². The number of nitrogens with two attached hydrogens (primary N) is 2. The summed E-state index contributed by atoms with van der Waals surface area (Å²) in [5, 5.41) is 51.4. The zero-order valence-electron chi connectivity index (χ0n) is 38.8. The average Bonchev–Trinajstić information content (AvgIpc) is 3.89. The van der Waals surface area contributed by atoms with E-state index in [2.05, 4.69) is 39.7 Å². The fourth-order valence-corrected chi connectivity index (χ4v) is 9.41. The zero-order chi connectivity index (χ0) is 52.2. The van der Waals surface area contributed by atoms with Crippen molar-refractivity contribution in [3.63, 3.8) is 0 Å². The Balaban J connectivity index is 0.000000370. The molecule has 0 aliphatic carbocycles. The number of fused-ring (bicyclic) bond motifs is 2. The van der Waals surface area contributed by atoms with E-state index < -0.39 is 117 Å². The molecule has 8 N–H and O–H groups in total. The van der Waals surface area contributed by atoms with Crippen molar-refractivity contribution in [2.45, 2.75) is 75.9 Å². The number of nitrogens with zero attached hydrogens (tertiary/aromatic N) is 8. The van der Waals surface area contributed by atoms with Gasteiger partial charge in [0.25, 0.3) is 11.8 Å². The van der Waals surface area contributed by atoms with Crippen LogP contribution >= 0.6 is 46.6 Å². The van der Waals surface area contributed by atoms with Gasteiger partial charge in [0.15, 0.2) is 22.7 Å². The van der Waals surface area contributed by atoms with E-state index in [1.807, 2.05) is 0 Å². The molecular weight excluding hydrogens is 1060 g/mol. The molecule has 0 spiro atoms. The van der Waals surface area contributed by atoms with Crippen molar-refractivity contribution in [2.24, 2.45) is 22.1 Å². The molecular formula is C36H38N12Na2O18S4. The van der Waals surface area contributed by atoms with Crippen LogP contribution in [-0.2, 0) is 67.1 Å². The second-order valence-electron chi connectivity index (χ2n) is 15.3. The summed E-state index contributed by atoms with van der Waals surface area (Å²) in [6, 6.07) is 0. The van der Waals surface area contributed by atoms with Crippen molar-refractivity contribution < 1.29 is 147 Å². The number of hydrogen-bond donors (Lipinski definition) is 6. The Bertz CT molecular complexity index is 2480. The van der Waals surface area contributed by atoms with Crippen molar-refractivity contribution in [3.8, 4) is 0 Å². The number of carbonyl (C=O) groups is 10. The quantitative estimate of drug-likeness (QED) is 0.0202. The molecule has 4 amide bonds. The summed E-state index contributed by atoms with van der Waals surface area (Å²) in [6.45, 7) is 6.84. The Morgan fingerprint density at radius 2 is 1.03 bits per heavy atom. The summed E-state index contributed by atoms with van der Waals surface area (Å²) in [7, 11) is 0. The van der Waals surface area contributed by atoms with Crippen molar-refractivity contribution in [1.29, 1.82) is 0 Å². The number of carboxylic acid groups (broad SMARTS) is 4. The second-order valence-corrected chi connectivity index (χ2v) is 19.1. The maximum Gasteiger partial charge on any atom is 1.00 e. The normalized spacial score (nSPS) is 20.1. The van der Waals surface area contributed by atoms with Crippen LogP contribution in [-0.4, -0.2) is 156 Å². The molecule has 36 heteroatoms. The van der Waals surface area contributed by atoms with Gasteiger partial charge in [-0.15, -0.1) is 23.5 Å². The van der Waals surface area contributed by atoms with Gasteiger partial charge in [-0.25, -0.2) is 9.59 Å². The maximum absolute atomic E-state index is 13.1. The predicted octanol–water partition coefficient (Wildman–Crippen LogP) is -10.2. The molecule has 4 aliphatic rings. The third-order valence-corrected chi connectivity index (χ3v) is 13.0. The van der Waals surface area contributed by atoms with Crippen LogP contribution in [0.15, 0.2) is 33.9 Å². The molecule has 6 atom stereocenters. The molecule has 0 aromatic carbocycles. The summed E-state index contributed by atoms with van der Waals surface area (Å²) < 4.78 is 18.0. The summed E-state index contributed by atoms with van der Waals surface area (Å²) in [5.41, 5.74) is 5.62. The van der Waals surface area contributed by atoms with E-state index in [9.17, 15) is 68.4 Å². The van der Waals surface area contributed by atoms with Gasteiger partial charge in [0.1, 0.15) is 22.6 Å². The molecule has 0 saturated carbocycles. The number of amides is 4. The van der Waals surface area contributed by atoms with Crippen LogP contribution in [0, 0.1) is 11.8 Å². The summed E-state index contributed by atoms with van der Waals surface area (Å²) >= 11 is 3.83. The third-order valence-electron chi connectivity index (χ3n) is 9.48. The van der Waals surface area contributed by atoms with Crippen LogP contribution in [0.5, 0.6) is 0 Å². The molecule has 6 rings (SSSR count). The van der Waals surface area contributed by atoms with Gasteiger partial charge in [-0.2, -0.15) is 18.7 Å². The van der Waals surface area contributed by atoms with Crippen LogP contribution in [0.25, 0.3) is 0 Å². The van der Waals surface area contributed by atoms with E-state index in [1.165, 1.54) is 63.4 Å². The van der Waals surface area contributed by atoms with Gasteiger partial charge in [-0.3, -0.25) is 38.6 Å². The minimum Gasteiger partial charge on any atom is -0.543 e. The number of rotatable bonds is 18. The number of aliphatic carboxylic acids is 4. The zero-order valence-corrected chi connectivity index (χ0v) is 46.1. The Morgan fingerprint density at radius 1 is 0.694 bits per heavy atom. The molecule has 0 radical (unpaired) electrons. The number of thioether (sulfide) groups is 2. The number of hydrogen-bond acceptors (Lipinski definition) is 28.